The number of aliphatic carboxylic acids is 1. The zero-order valence-corrected chi connectivity index (χ0v) is 18.6. The molecule has 1 heterocycles. The number of nitrogens with zero attached hydrogens (tertiary/aromatic N) is 1. The molecule has 11 heteroatoms. The van der Waals surface area contributed by atoms with E-state index in [9.17, 15) is 27.5 Å². The van der Waals surface area contributed by atoms with E-state index in [2.05, 4.69) is 0 Å². The number of rotatable bonds is 9. The molecule has 0 bridgehead atoms. The van der Waals surface area contributed by atoms with Crippen LogP contribution < -0.4 is 9.47 Å². The second-order valence-electron chi connectivity index (χ2n) is 7.58. The Balaban J connectivity index is 1.99. The van der Waals surface area contributed by atoms with Crippen LogP contribution in [0.2, 0.25) is 5.02 Å². The zero-order chi connectivity index (χ0) is 25.3. The number of fused-ring (bicyclic) bond motifs is 2. The Kier molecular flexibility index (Phi) is 6.93. The number of carboxylic acids is 1. The van der Waals surface area contributed by atoms with Crippen molar-refractivity contribution in [2.75, 3.05) is 13.2 Å². The predicted molar refractivity (Wildman–Crippen MR) is 122 cm³/mol. The Morgan fingerprint density at radius 1 is 0.943 bits per heavy atom. The van der Waals surface area contributed by atoms with Crippen LogP contribution in [0.15, 0.2) is 48.7 Å². The van der Waals surface area contributed by atoms with Gasteiger partial charge in [0.1, 0.15) is 24.7 Å². The van der Waals surface area contributed by atoms with Gasteiger partial charge < -0.3 is 19.7 Å². The van der Waals surface area contributed by atoms with Gasteiger partial charge in [0.2, 0.25) is 5.88 Å². The monoisotopic (exact) mass is 511 g/mol. The number of halogens is 5. The molecule has 2 N–H and O–H groups in total. The fourth-order valence-electron chi connectivity index (χ4n) is 3.86. The smallest absolute Gasteiger partial charge is 0.307 e. The van der Waals surface area contributed by atoms with E-state index in [-0.39, 0.29) is 44.8 Å². The maximum atomic E-state index is 13.0. The van der Waals surface area contributed by atoms with Crippen molar-refractivity contribution in [2.45, 2.75) is 19.3 Å². The van der Waals surface area contributed by atoms with Crippen LogP contribution in [0.1, 0.15) is 5.56 Å². The first-order valence-electron chi connectivity index (χ1n) is 10.3. The number of hydrogen-bond acceptors (Lipinski definition) is 4. The van der Waals surface area contributed by atoms with E-state index in [0.29, 0.717) is 10.9 Å². The summed E-state index contributed by atoms with van der Waals surface area (Å²) in [6, 6.07) is 10.7. The van der Waals surface area contributed by atoms with E-state index in [1.807, 2.05) is 0 Å². The van der Waals surface area contributed by atoms with E-state index in [1.165, 1.54) is 35.0 Å². The standard InChI is InChI=1S/C24H18ClF4NO5/c25-16-7-12(8-20(31)32)5-6-17(16)30-9-15-21(24(30)33)23(35-11-19(28)29)14-4-2-1-3-13(14)22(15)34-10-18(26)27/h1-7,9,18-19,33H,8,10-11H2,(H,31,32). The molecule has 6 nitrogen and oxygen atoms in total. The van der Waals surface area contributed by atoms with E-state index in [4.69, 9.17) is 26.2 Å². The predicted octanol–water partition coefficient (Wildman–Crippen LogP) is 6.06. The first-order chi connectivity index (χ1) is 16.7. The van der Waals surface area contributed by atoms with Gasteiger partial charge in [0.15, 0.2) is 0 Å². The molecule has 1 aromatic heterocycles. The number of ether oxygens (including phenoxy) is 2. The summed E-state index contributed by atoms with van der Waals surface area (Å²) in [5.74, 6) is -1.58. The molecule has 0 aliphatic rings. The van der Waals surface area contributed by atoms with E-state index in [0.717, 1.165) is 0 Å². The topological polar surface area (TPSA) is 80.9 Å². The van der Waals surface area contributed by atoms with E-state index >= 15 is 0 Å². The van der Waals surface area contributed by atoms with Crippen molar-refractivity contribution >= 4 is 39.1 Å². The minimum absolute atomic E-state index is 0.00738. The summed E-state index contributed by atoms with van der Waals surface area (Å²) in [5.41, 5.74) is 0.647. The molecule has 0 fully saturated rings. The molecule has 0 aliphatic heterocycles. The summed E-state index contributed by atoms with van der Waals surface area (Å²) in [5, 5.41) is 20.9. The number of benzene rings is 3. The highest BCUT2D eigenvalue weighted by Crippen LogP contribution is 2.48. The average Bonchev–Trinajstić information content (AvgIpc) is 3.12. The largest absolute Gasteiger partial charge is 0.494 e. The van der Waals surface area contributed by atoms with E-state index in [1.54, 1.807) is 18.2 Å². The van der Waals surface area contributed by atoms with Crippen LogP contribution in [0.25, 0.3) is 27.2 Å². The van der Waals surface area contributed by atoms with Crippen LogP contribution in [0.4, 0.5) is 17.6 Å². The van der Waals surface area contributed by atoms with Gasteiger partial charge in [-0.3, -0.25) is 9.36 Å². The van der Waals surface area contributed by atoms with Crippen LogP contribution in [-0.2, 0) is 11.2 Å². The van der Waals surface area contributed by atoms with Crippen molar-refractivity contribution in [2.24, 2.45) is 0 Å². The quantitative estimate of drug-likeness (QED) is 0.267. The number of alkyl halides is 4. The Morgan fingerprint density at radius 2 is 1.54 bits per heavy atom. The van der Waals surface area contributed by atoms with Crippen LogP contribution in [-0.4, -0.2) is 46.8 Å². The molecule has 35 heavy (non-hydrogen) atoms. The molecule has 0 aliphatic carbocycles. The average molecular weight is 512 g/mol. The fourth-order valence-corrected chi connectivity index (χ4v) is 4.16. The number of carboxylic acid groups (broad SMARTS) is 1. The number of carbonyl (C=O) groups is 1. The SMILES string of the molecule is O=C(O)Cc1ccc(-n2cc3c(OCC(F)F)c4ccccc4c(OCC(F)F)c3c2O)c(Cl)c1. The number of aromatic hydroxyl groups is 1. The fraction of sp³-hybridized carbons (Fsp3) is 0.208. The van der Waals surface area contributed by atoms with E-state index < -0.39 is 37.9 Å². The van der Waals surface area contributed by atoms with Crippen molar-refractivity contribution in [1.82, 2.24) is 4.57 Å². The highest BCUT2D eigenvalue weighted by molar-refractivity contribution is 6.32. The molecule has 4 rings (SSSR count). The van der Waals surface area contributed by atoms with Crippen LogP contribution in [0, 0.1) is 0 Å². The van der Waals surface area contributed by atoms with Crippen molar-refractivity contribution in [3.05, 3.63) is 59.2 Å². The van der Waals surface area contributed by atoms with Gasteiger partial charge in [-0.2, -0.15) is 0 Å². The van der Waals surface area contributed by atoms with Crippen molar-refractivity contribution in [1.29, 1.82) is 0 Å². The molecule has 0 spiro atoms. The summed E-state index contributed by atoms with van der Waals surface area (Å²) in [7, 11) is 0. The van der Waals surface area contributed by atoms with Crippen LogP contribution in [0.3, 0.4) is 0 Å². The molecular weight excluding hydrogens is 494 g/mol. The highest BCUT2D eigenvalue weighted by Gasteiger charge is 2.25. The summed E-state index contributed by atoms with van der Waals surface area (Å²) >= 11 is 6.35. The number of aromatic nitrogens is 1. The van der Waals surface area contributed by atoms with Crippen molar-refractivity contribution in [3.63, 3.8) is 0 Å². The van der Waals surface area contributed by atoms with Crippen molar-refractivity contribution < 1.29 is 42.0 Å². The van der Waals surface area contributed by atoms with Gasteiger partial charge in [-0.1, -0.05) is 41.9 Å². The molecule has 0 radical (unpaired) electrons. The lowest BCUT2D eigenvalue weighted by Crippen LogP contribution is -2.09. The lowest BCUT2D eigenvalue weighted by atomic mass is 10.0. The Bertz CT molecular complexity index is 1410. The van der Waals surface area contributed by atoms with Gasteiger partial charge in [0.25, 0.3) is 12.9 Å². The molecule has 0 unspecified atom stereocenters. The van der Waals surface area contributed by atoms with Crippen LogP contribution >= 0.6 is 11.6 Å². The van der Waals surface area contributed by atoms with Gasteiger partial charge in [-0.25, -0.2) is 17.6 Å². The molecule has 0 saturated carbocycles. The molecular formula is C24H18ClF4NO5. The minimum atomic E-state index is -2.81. The minimum Gasteiger partial charge on any atom is -0.494 e. The third kappa shape index (κ3) is 4.93. The lowest BCUT2D eigenvalue weighted by molar-refractivity contribution is -0.136. The summed E-state index contributed by atoms with van der Waals surface area (Å²) in [6.45, 7) is -1.90. The molecule has 0 atom stereocenters. The Hall–Kier alpha value is -3.66. The highest BCUT2D eigenvalue weighted by atomic mass is 35.5. The van der Waals surface area contributed by atoms with Gasteiger partial charge in [-0.15, -0.1) is 0 Å². The Labute approximate surface area is 200 Å². The number of hydrogen-bond donors (Lipinski definition) is 2. The summed E-state index contributed by atoms with van der Waals surface area (Å²) in [4.78, 5) is 11.0. The van der Waals surface area contributed by atoms with Crippen LogP contribution in [0.5, 0.6) is 17.4 Å². The summed E-state index contributed by atoms with van der Waals surface area (Å²) < 4.78 is 64.0. The second-order valence-corrected chi connectivity index (χ2v) is 7.98. The third-order valence-electron chi connectivity index (χ3n) is 5.20. The maximum Gasteiger partial charge on any atom is 0.307 e. The van der Waals surface area contributed by atoms with Crippen molar-refractivity contribution in [3.8, 4) is 23.1 Å². The van der Waals surface area contributed by atoms with Gasteiger partial charge >= 0.3 is 5.97 Å². The summed E-state index contributed by atoms with van der Waals surface area (Å²) in [6.07, 6.45) is -4.50. The molecule has 0 saturated heterocycles. The first-order valence-corrected chi connectivity index (χ1v) is 10.7. The van der Waals surface area contributed by atoms with Gasteiger partial charge in [0.05, 0.1) is 27.9 Å². The lowest BCUT2D eigenvalue weighted by Gasteiger charge is -2.15. The van der Waals surface area contributed by atoms with Gasteiger partial charge in [0, 0.05) is 17.0 Å². The maximum absolute atomic E-state index is 13.0. The van der Waals surface area contributed by atoms with Gasteiger partial charge in [-0.05, 0) is 17.7 Å². The Morgan fingerprint density at radius 3 is 2.11 bits per heavy atom. The first kappa shape index (κ1) is 24.5. The third-order valence-corrected chi connectivity index (χ3v) is 5.50. The molecule has 3 aromatic carbocycles. The molecule has 184 valence electrons. The normalized spacial score (nSPS) is 11.6. The zero-order valence-electron chi connectivity index (χ0n) is 17.9. The molecule has 4 aromatic rings. The molecule has 0 amide bonds. The second kappa shape index (κ2) is 9.91.